The number of nitrogens with zero attached hydrogens (tertiary/aromatic N) is 3. The number of amides is 1. The highest BCUT2D eigenvalue weighted by molar-refractivity contribution is 6.04. The molecule has 1 aromatic rings. The van der Waals surface area contributed by atoms with Crippen molar-refractivity contribution in [1.29, 1.82) is 0 Å². The maximum atomic E-state index is 15.7. The number of nitrogens with one attached hydrogen (secondary N) is 1. The lowest BCUT2D eigenvalue weighted by molar-refractivity contribution is -0.151. The maximum absolute atomic E-state index is 15.7. The van der Waals surface area contributed by atoms with Gasteiger partial charge in [-0.05, 0) is 24.1 Å². The van der Waals surface area contributed by atoms with Gasteiger partial charge >= 0.3 is 0 Å². The largest absolute Gasteiger partial charge is 0.486 e. The third kappa shape index (κ3) is 4.45. The second kappa shape index (κ2) is 8.83. The Balaban J connectivity index is 1.21. The molecule has 1 spiro atoms. The molecule has 1 N–H and O–H groups in total. The van der Waals surface area contributed by atoms with Crippen LogP contribution in [0, 0.1) is 11.7 Å². The molecule has 0 radical (unpaired) electrons. The van der Waals surface area contributed by atoms with Gasteiger partial charge in [0.1, 0.15) is 24.3 Å². The molecule has 7 nitrogen and oxygen atoms in total. The van der Waals surface area contributed by atoms with Gasteiger partial charge in [0.05, 0.1) is 5.71 Å². The minimum absolute atomic E-state index is 0.258. The fourth-order valence-corrected chi connectivity index (χ4v) is 5.50. The number of fused-ring (bicyclic) bond motifs is 1. The van der Waals surface area contributed by atoms with Crippen LogP contribution in [0.25, 0.3) is 0 Å². The van der Waals surface area contributed by atoms with Crippen LogP contribution in [0.2, 0.25) is 0 Å². The Morgan fingerprint density at radius 2 is 1.94 bits per heavy atom. The predicted molar refractivity (Wildman–Crippen MR) is 120 cm³/mol. The van der Waals surface area contributed by atoms with Crippen molar-refractivity contribution >= 4 is 11.6 Å². The topological polar surface area (TPSA) is 66.4 Å². The molecule has 3 saturated heterocycles. The zero-order chi connectivity index (χ0) is 23.1. The van der Waals surface area contributed by atoms with Gasteiger partial charge in [0.15, 0.2) is 5.67 Å². The van der Waals surface area contributed by atoms with Gasteiger partial charge in [-0.2, -0.15) is 0 Å². The Kier molecular flexibility index (Phi) is 6.03. The first-order valence-corrected chi connectivity index (χ1v) is 11.9. The van der Waals surface area contributed by atoms with E-state index in [1.165, 1.54) is 19.2 Å². The van der Waals surface area contributed by atoms with Crippen LogP contribution in [0.5, 0.6) is 5.75 Å². The molecule has 9 heteroatoms. The summed E-state index contributed by atoms with van der Waals surface area (Å²) in [6, 6.07) is 4.37. The van der Waals surface area contributed by atoms with Crippen molar-refractivity contribution in [3.05, 3.63) is 29.6 Å². The molecule has 3 fully saturated rings. The third-order valence-corrected chi connectivity index (χ3v) is 7.65. The number of hydrogen-bond acceptors (Lipinski definition) is 6. The zero-order valence-electron chi connectivity index (χ0n) is 19.1. The molecule has 4 aliphatic heterocycles. The third-order valence-electron chi connectivity index (χ3n) is 7.65. The summed E-state index contributed by atoms with van der Waals surface area (Å²) in [5.41, 5.74) is -1.11. The van der Waals surface area contributed by atoms with Crippen LogP contribution in [0.4, 0.5) is 8.78 Å². The lowest BCUT2D eigenvalue weighted by Crippen LogP contribution is -2.58. The first-order chi connectivity index (χ1) is 15.9. The van der Waals surface area contributed by atoms with Crippen LogP contribution in [-0.2, 0) is 9.63 Å². The molecular weight excluding hydrogens is 430 g/mol. The van der Waals surface area contributed by atoms with E-state index in [0.29, 0.717) is 68.4 Å². The average molecular weight is 463 g/mol. The number of hydrogen-bond donors (Lipinski definition) is 1. The number of halogens is 2. The lowest BCUT2D eigenvalue weighted by Gasteiger charge is -2.46. The molecule has 4 aliphatic rings. The van der Waals surface area contributed by atoms with Gasteiger partial charge in [-0.1, -0.05) is 5.16 Å². The van der Waals surface area contributed by atoms with Crippen molar-refractivity contribution < 1.29 is 23.1 Å². The molecule has 1 aromatic carbocycles. The van der Waals surface area contributed by atoms with E-state index in [-0.39, 0.29) is 24.6 Å². The van der Waals surface area contributed by atoms with Crippen LogP contribution in [0.15, 0.2) is 23.4 Å². The normalized spacial score (nSPS) is 25.9. The van der Waals surface area contributed by atoms with Crippen LogP contribution >= 0.6 is 0 Å². The molecule has 0 saturated carbocycles. The van der Waals surface area contributed by atoms with Crippen LogP contribution in [0.1, 0.15) is 37.7 Å². The molecule has 1 amide bonds. The van der Waals surface area contributed by atoms with Gasteiger partial charge in [0.25, 0.3) is 5.91 Å². The predicted octanol–water partition coefficient (Wildman–Crippen LogP) is 2.34. The average Bonchev–Trinajstić information content (AvgIpc) is 2.78. The minimum Gasteiger partial charge on any atom is -0.486 e. The highest BCUT2D eigenvalue weighted by atomic mass is 19.1. The Hall–Kier alpha value is -2.26. The standard InChI is InChI=1S/C24H32F2N4O3/c1-32-28-20-13-23(33-21-3-2-18(25)12-19(20)21)4-10-30(11-5-23)22(31)24(26)6-8-29(9-7-24)16-17-14-27-15-17/h2-3,12,17,27H,4-11,13-16H2,1H3/b28-20+. The van der Waals surface area contributed by atoms with Crippen LogP contribution in [0.3, 0.4) is 0 Å². The van der Waals surface area contributed by atoms with Crippen LogP contribution < -0.4 is 10.1 Å². The Labute approximate surface area is 193 Å². The van der Waals surface area contributed by atoms with Crippen molar-refractivity contribution in [3.63, 3.8) is 0 Å². The minimum atomic E-state index is -1.78. The fourth-order valence-electron chi connectivity index (χ4n) is 5.50. The fraction of sp³-hybridized carbons (Fsp3) is 0.667. The van der Waals surface area contributed by atoms with Gasteiger partial charge in [0.2, 0.25) is 0 Å². The van der Waals surface area contributed by atoms with Crippen molar-refractivity contribution in [2.75, 3.05) is 52.9 Å². The first kappa shape index (κ1) is 22.5. The molecule has 0 aromatic heterocycles. The summed E-state index contributed by atoms with van der Waals surface area (Å²) < 4.78 is 35.7. The highest BCUT2D eigenvalue weighted by Gasteiger charge is 2.48. The number of likely N-dealkylation sites (tertiary alicyclic amines) is 2. The number of piperidine rings is 2. The van der Waals surface area contributed by atoms with E-state index >= 15 is 4.39 Å². The summed E-state index contributed by atoms with van der Waals surface area (Å²) in [7, 11) is 1.46. The van der Waals surface area contributed by atoms with Gasteiger partial charge in [-0.25, -0.2) is 8.78 Å². The number of ether oxygens (including phenoxy) is 1. The number of rotatable bonds is 4. The summed E-state index contributed by atoms with van der Waals surface area (Å²) in [6.45, 7) is 5.16. The van der Waals surface area contributed by atoms with Gasteiger partial charge < -0.3 is 24.7 Å². The van der Waals surface area contributed by atoms with Crippen LogP contribution in [-0.4, -0.2) is 85.6 Å². The number of alkyl halides is 1. The van der Waals surface area contributed by atoms with Crippen molar-refractivity contribution in [2.24, 2.45) is 11.1 Å². The second-order valence-corrected chi connectivity index (χ2v) is 9.91. The van der Waals surface area contributed by atoms with Crippen molar-refractivity contribution in [2.45, 2.75) is 43.4 Å². The molecule has 0 atom stereocenters. The van der Waals surface area contributed by atoms with Gasteiger partial charge in [-0.3, -0.25) is 4.79 Å². The molecule has 0 aliphatic carbocycles. The number of oxime groups is 1. The monoisotopic (exact) mass is 462 g/mol. The highest BCUT2D eigenvalue weighted by Crippen LogP contribution is 2.41. The van der Waals surface area contributed by atoms with Crippen molar-refractivity contribution in [1.82, 2.24) is 15.1 Å². The zero-order valence-corrected chi connectivity index (χ0v) is 19.1. The Morgan fingerprint density at radius 1 is 1.21 bits per heavy atom. The molecule has 0 unspecified atom stereocenters. The lowest BCUT2D eigenvalue weighted by atomic mass is 9.81. The summed E-state index contributed by atoms with van der Waals surface area (Å²) in [4.78, 5) is 22.1. The molecule has 4 heterocycles. The van der Waals surface area contributed by atoms with E-state index < -0.39 is 11.3 Å². The summed E-state index contributed by atoms with van der Waals surface area (Å²) in [6.07, 6.45) is 2.11. The molecule has 180 valence electrons. The second-order valence-electron chi connectivity index (χ2n) is 9.91. The van der Waals surface area contributed by atoms with E-state index in [1.54, 1.807) is 11.0 Å². The molecule has 0 bridgehead atoms. The van der Waals surface area contributed by atoms with Gasteiger partial charge in [0, 0.05) is 83.5 Å². The number of carbonyl (C=O) groups excluding carboxylic acids is 1. The number of carbonyl (C=O) groups is 1. The van der Waals surface area contributed by atoms with E-state index in [4.69, 9.17) is 9.57 Å². The van der Waals surface area contributed by atoms with Crippen molar-refractivity contribution in [3.8, 4) is 5.75 Å². The smallest absolute Gasteiger partial charge is 0.260 e. The summed E-state index contributed by atoms with van der Waals surface area (Å²) in [5.74, 6) is 0.469. The summed E-state index contributed by atoms with van der Waals surface area (Å²) in [5, 5.41) is 7.38. The quantitative estimate of drug-likeness (QED) is 0.696. The molecular formula is C24H32F2N4O3. The Morgan fingerprint density at radius 3 is 2.58 bits per heavy atom. The van der Waals surface area contributed by atoms with E-state index in [0.717, 1.165) is 19.6 Å². The van der Waals surface area contributed by atoms with E-state index in [9.17, 15) is 9.18 Å². The maximum Gasteiger partial charge on any atom is 0.260 e. The van der Waals surface area contributed by atoms with E-state index in [1.807, 2.05) is 0 Å². The van der Waals surface area contributed by atoms with E-state index in [2.05, 4.69) is 15.4 Å². The first-order valence-electron chi connectivity index (χ1n) is 11.9. The van der Waals surface area contributed by atoms with Gasteiger partial charge in [-0.15, -0.1) is 0 Å². The molecule has 33 heavy (non-hydrogen) atoms. The summed E-state index contributed by atoms with van der Waals surface area (Å²) >= 11 is 0. The molecule has 5 rings (SSSR count). The SMILES string of the molecule is CO/N=C1\CC2(CCN(C(=O)C3(F)CCN(CC4CNC4)CC3)CC2)Oc2ccc(F)cc21. The number of benzene rings is 1. The Bertz CT molecular complexity index is 920.